The van der Waals surface area contributed by atoms with Gasteiger partial charge in [0.2, 0.25) is 0 Å². The Balaban J connectivity index is 2.01. The molecule has 0 atom stereocenters. The average molecular weight is 287 g/mol. The van der Waals surface area contributed by atoms with Gasteiger partial charge in [0.15, 0.2) is 0 Å². The smallest absolute Gasteiger partial charge is 0.319 e. The van der Waals surface area contributed by atoms with Gasteiger partial charge in [0.25, 0.3) is 0 Å². The van der Waals surface area contributed by atoms with E-state index in [0.717, 1.165) is 45.5 Å². The molecule has 0 aromatic carbocycles. The number of carbonyl (C=O) groups is 1. The summed E-state index contributed by atoms with van der Waals surface area (Å²) in [6.45, 7) is 4.76. The second kappa shape index (κ2) is 9.96. The van der Waals surface area contributed by atoms with E-state index in [1.807, 2.05) is 4.90 Å². The summed E-state index contributed by atoms with van der Waals surface area (Å²) < 4.78 is 10.3. The number of urea groups is 1. The van der Waals surface area contributed by atoms with Crippen LogP contribution in [0, 0.1) is 0 Å². The first-order chi connectivity index (χ1) is 9.65. The van der Waals surface area contributed by atoms with Crippen LogP contribution in [0.5, 0.6) is 0 Å². The maximum absolute atomic E-state index is 11.8. The summed E-state index contributed by atoms with van der Waals surface area (Å²) in [5.41, 5.74) is 0. The second-order valence-electron chi connectivity index (χ2n) is 5.35. The Hall–Kier alpha value is -0.850. The van der Waals surface area contributed by atoms with Crippen molar-refractivity contribution in [3.8, 4) is 0 Å². The number of amides is 2. The Morgan fingerprint density at radius 3 is 2.55 bits per heavy atom. The van der Waals surface area contributed by atoms with Crippen molar-refractivity contribution in [2.45, 2.75) is 25.3 Å². The van der Waals surface area contributed by atoms with Crippen LogP contribution in [0.3, 0.4) is 0 Å². The third kappa shape index (κ3) is 6.54. The van der Waals surface area contributed by atoms with Gasteiger partial charge in [-0.15, -0.1) is 0 Å². The Kier molecular flexibility index (Phi) is 8.57. The molecule has 0 aliphatic carbocycles. The van der Waals surface area contributed by atoms with Gasteiger partial charge in [-0.1, -0.05) is 0 Å². The van der Waals surface area contributed by atoms with Gasteiger partial charge in [0.1, 0.15) is 0 Å². The number of likely N-dealkylation sites (tertiary alicyclic amines) is 1. The maximum Gasteiger partial charge on any atom is 0.319 e. The van der Waals surface area contributed by atoms with E-state index in [1.54, 1.807) is 26.1 Å². The molecule has 1 heterocycles. The van der Waals surface area contributed by atoms with Crippen LogP contribution >= 0.6 is 0 Å². The molecule has 1 aliphatic rings. The molecule has 0 radical (unpaired) electrons. The van der Waals surface area contributed by atoms with Crippen molar-refractivity contribution < 1.29 is 14.3 Å². The van der Waals surface area contributed by atoms with Gasteiger partial charge in [-0.25, -0.2) is 4.79 Å². The summed E-state index contributed by atoms with van der Waals surface area (Å²) in [7, 11) is 5.28. The topological polar surface area (TPSA) is 54.0 Å². The van der Waals surface area contributed by atoms with E-state index in [1.165, 1.54) is 0 Å². The van der Waals surface area contributed by atoms with Crippen LogP contribution in [0.25, 0.3) is 0 Å². The third-order valence-electron chi connectivity index (χ3n) is 3.48. The lowest BCUT2D eigenvalue weighted by Crippen LogP contribution is -2.48. The van der Waals surface area contributed by atoms with E-state index in [4.69, 9.17) is 9.47 Å². The molecule has 20 heavy (non-hydrogen) atoms. The molecule has 1 N–H and O–H groups in total. The molecule has 6 nitrogen and oxygen atoms in total. The summed E-state index contributed by atoms with van der Waals surface area (Å²) in [6, 6.07) is 0.648. The number of nitrogens with zero attached hydrogens (tertiary/aromatic N) is 2. The van der Waals surface area contributed by atoms with Crippen LogP contribution in [-0.2, 0) is 9.47 Å². The highest BCUT2D eigenvalue weighted by Gasteiger charge is 2.22. The van der Waals surface area contributed by atoms with E-state index < -0.39 is 0 Å². The van der Waals surface area contributed by atoms with Crippen molar-refractivity contribution in [1.82, 2.24) is 15.1 Å². The Bertz CT molecular complexity index is 266. The van der Waals surface area contributed by atoms with Gasteiger partial charge in [-0.05, 0) is 25.8 Å². The zero-order valence-electron chi connectivity index (χ0n) is 13.1. The molecule has 1 fully saturated rings. The predicted molar refractivity (Wildman–Crippen MR) is 79.0 cm³/mol. The van der Waals surface area contributed by atoms with E-state index in [9.17, 15) is 4.79 Å². The zero-order valence-corrected chi connectivity index (χ0v) is 13.1. The molecule has 0 saturated carbocycles. The lowest BCUT2D eigenvalue weighted by molar-refractivity contribution is 0.0689. The summed E-state index contributed by atoms with van der Waals surface area (Å²) in [6.07, 6.45) is 3.08. The van der Waals surface area contributed by atoms with Crippen LogP contribution in [0.1, 0.15) is 19.3 Å². The fraction of sp³-hybridized carbons (Fsp3) is 0.929. The minimum Gasteiger partial charge on any atom is -0.382 e. The highest BCUT2D eigenvalue weighted by molar-refractivity contribution is 5.73. The molecule has 0 spiro atoms. The monoisotopic (exact) mass is 287 g/mol. The minimum absolute atomic E-state index is 0.120. The fourth-order valence-corrected chi connectivity index (χ4v) is 2.28. The van der Waals surface area contributed by atoms with E-state index in [2.05, 4.69) is 5.32 Å². The number of nitrogens with one attached hydrogen (secondary N) is 1. The number of ether oxygens (including phenoxy) is 2. The third-order valence-corrected chi connectivity index (χ3v) is 3.48. The standard InChI is InChI=1S/C14H29N3O3/c1-16(2)14(18)17-8-5-13(6-9-17)15-7-4-10-20-12-11-19-3/h13,15H,4-12H2,1-3H3. The van der Waals surface area contributed by atoms with Gasteiger partial charge in [0, 0.05) is 46.9 Å². The minimum atomic E-state index is 0.120. The van der Waals surface area contributed by atoms with Crippen molar-refractivity contribution in [2.24, 2.45) is 0 Å². The van der Waals surface area contributed by atoms with Gasteiger partial charge in [-0.2, -0.15) is 0 Å². The van der Waals surface area contributed by atoms with Gasteiger partial charge in [-0.3, -0.25) is 0 Å². The van der Waals surface area contributed by atoms with E-state index in [0.29, 0.717) is 19.3 Å². The van der Waals surface area contributed by atoms with Crippen molar-refractivity contribution in [3.63, 3.8) is 0 Å². The van der Waals surface area contributed by atoms with Crippen molar-refractivity contribution in [1.29, 1.82) is 0 Å². The molecule has 0 bridgehead atoms. The lowest BCUT2D eigenvalue weighted by atomic mass is 10.1. The number of carbonyl (C=O) groups excluding carboxylic acids is 1. The molecule has 1 aliphatic heterocycles. The number of hydrogen-bond donors (Lipinski definition) is 1. The Morgan fingerprint density at radius 2 is 1.95 bits per heavy atom. The summed E-state index contributed by atoms with van der Waals surface area (Å²) in [5.74, 6) is 0. The Labute approximate surface area is 122 Å². The maximum atomic E-state index is 11.8. The number of piperidine rings is 1. The van der Waals surface area contributed by atoms with Crippen LogP contribution in [0.4, 0.5) is 4.79 Å². The molecule has 118 valence electrons. The normalized spacial score (nSPS) is 16.4. The van der Waals surface area contributed by atoms with Crippen molar-refractivity contribution >= 4 is 6.03 Å². The fourth-order valence-electron chi connectivity index (χ4n) is 2.28. The van der Waals surface area contributed by atoms with Crippen LogP contribution in [0.2, 0.25) is 0 Å². The number of methoxy groups -OCH3 is 1. The van der Waals surface area contributed by atoms with Gasteiger partial charge < -0.3 is 24.6 Å². The molecular formula is C14H29N3O3. The molecule has 0 aromatic heterocycles. The van der Waals surface area contributed by atoms with Crippen LogP contribution < -0.4 is 5.32 Å². The number of hydrogen-bond acceptors (Lipinski definition) is 4. The molecule has 1 saturated heterocycles. The summed E-state index contributed by atoms with van der Waals surface area (Å²) in [5, 5.41) is 3.54. The van der Waals surface area contributed by atoms with Gasteiger partial charge >= 0.3 is 6.03 Å². The van der Waals surface area contributed by atoms with E-state index in [-0.39, 0.29) is 6.03 Å². The van der Waals surface area contributed by atoms with Crippen molar-refractivity contribution in [2.75, 3.05) is 60.7 Å². The van der Waals surface area contributed by atoms with E-state index >= 15 is 0 Å². The van der Waals surface area contributed by atoms with Crippen molar-refractivity contribution in [3.05, 3.63) is 0 Å². The molecule has 2 amide bonds. The summed E-state index contributed by atoms with van der Waals surface area (Å²) in [4.78, 5) is 15.4. The highest BCUT2D eigenvalue weighted by atomic mass is 16.5. The molecule has 6 heteroatoms. The SMILES string of the molecule is COCCOCCCNC1CCN(C(=O)N(C)C)CC1. The molecular weight excluding hydrogens is 258 g/mol. The summed E-state index contributed by atoms with van der Waals surface area (Å²) >= 11 is 0. The quantitative estimate of drug-likeness (QED) is 0.670. The van der Waals surface area contributed by atoms with Crippen LogP contribution in [0.15, 0.2) is 0 Å². The Morgan fingerprint density at radius 1 is 1.25 bits per heavy atom. The lowest BCUT2D eigenvalue weighted by Gasteiger charge is -2.34. The average Bonchev–Trinajstić information content (AvgIpc) is 2.46. The molecule has 0 aromatic rings. The van der Waals surface area contributed by atoms with Gasteiger partial charge in [0.05, 0.1) is 13.2 Å². The zero-order chi connectivity index (χ0) is 14.8. The number of rotatable bonds is 8. The first kappa shape index (κ1) is 17.2. The van der Waals surface area contributed by atoms with Crippen LogP contribution in [-0.4, -0.2) is 82.5 Å². The first-order valence-electron chi connectivity index (χ1n) is 7.41. The molecule has 1 rings (SSSR count). The highest BCUT2D eigenvalue weighted by Crippen LogP contribution is 2.11. The molecule has 0 unspecified atom stereocenters. The predicted octanol–water partition coefficient (Wildman–Crippen LogP) is 0.775. The second-order valence-corrected chi connectivity index (χ2v) is 5.35. The largest absolute Gasteiger partial charge is 0.382 e. The first-order valence-corrected chi connectivity index (χ1v) is 7.41.